The molecule has 1 fully saturated rings. The largest absolute Gasteiger partial charge is 0.358 e. The van der Waals surface area contributed by atoms with Crippen LogP contribution in [0.4, 0.5) is 5.82 Å². The molecule has 1 N–H and O–H groups in total. The first-order valence-corrected chi connectivity index (χ1v) is 8.13. The van der Waals surface area contributed by atoms with Gasteiger partial charge in [0, 0.05) is 23.8 Å². The first-order valence-electron chi connectivity index (χ1n) is 7.34. The number of nitrogens with one attached hydrogen (secondary N) is 1. The minimum Gasteiger partial charge on any atom is -0.358 e. The highest BCUT2D eigenvalue weighted by Crippen LogP contribution is 2.19. The maximum atomic E-state index is 12.5. The first kappa shape index (κ1) is 15.0. The maximum Gasteiger partial charge on any atom is 0.245 e. The van der Waals surface area contributed by atoms with Gasteiger partial charge in [0.1, 0.15) is 11.9 Å². The molecule has 1 aromatic carbocycles. The molecule has 0 radical (unpaired) electrons. The number of pyridine rings is 1. The van der Waals surface area contributed by atoms with Crippen molar-refractivity contribution in [1.29, 1.82) is 0 Å². The number of carbonyl (C=O) groups is 1. The predicted molar refractivity (Wildman–Crippen MR) is 90.6 cm³/mol. The van der Waals surface area contributed by atoms with E-state index in [0.29, 0.717) is 6.54 Å². The average molecular weight is 360 g/mol. The quantitative estimate of drug-likeness (QED) is 0.910. The van der Waals surface area contributed by atoms with Gasteiger partial charge in [-0.3, -0.25) is 4.79 Å². The molecule has 0 spiro atoms. The number of aromatic nitrogens is 1. The third-order valence-corrected chi connectivity index (χ3v) is 4.31. The van der Waals surface area contributed by atoms with Crippen molar-refractivity contribution in [2.45, 2.75) is 25.9 Å². The van der Waals surface area contributed by atoms with E-state index in [1.54, 1.807) is 6.20 Å². The summed E-state index contributed by atoms with van der Waals surface area (Å²) in [6.07, 6.45) is 2.54. The number of nitrogens with zero attached hydrogens (tertiary/aromatic N) is 2. The van der Waals surface area contributed by atoms with Gasteiger partial charge in [-0.15, -0.1) is 0 Å². The Kier molecular flexibility index (Phi) is 4.43. The van der Waals surface area contributed by atoms with Gasteiger partial charge in [-0.2, -0.15) is 0 Å². The van der Waals surface area contributed by atoms with Gasteiger partial charge in [-0.05, 0) is 47.0 Å². The van der Waals surface area contributed by atoms with Gasteiger partial charge in [-0.25, -0.2) is 4.98 Å². The second-order valence-electron chi connectivity index (χ2n) is 5.59. The Labute approximate surface area is 138 Å². The lowest BCUT2D eigenvalue weighted by Crippen LogP contribution is -2.33. The predicted octanol–water partition coefficient (Wildman–Crippen LogP) is 3.37. The number of benzene rings is 1. The molecule has 1 atom stereocenters. The van der Waals surface area contributed by atoms with Gasteiger partial charge in [0.05, 0.1) is 0 Å². The molecule has 2 heterocycles. The summed E-state index contributed by atoms with van der Waals surface area (Å²) in [5.74, 6) is 0.879. The van der Waals surface area contributed by atoms with E-state index < -0.39 is 0 Å². The van der Waals surface area contributed by atoms with Crippen LogP contribution in [0, 0.1) is 6.92 Å². The molecule has 0 aliphatic carbocycles. The second-order valence-corrected chi connectivity index (χ2v) is 6.51. The monoisotopic (exact) mass is 359 g/mol. The number of amides is 1. The SMILES string of the molecule is Cc1ccc(CN2CCC(Nc3ccc(Br)cn3)C2=O)cc1. The Bertz CT molecular complexity index is 597. The third-order valence-electron chi connectivity index (χ3n) is 3.84. The van der Waals surface area contributed by atoms with Crippen LogP contribution in [0.2, 0.25) is 0 Å². The molecule has 1 aliphatic heterocycles. The smallest absolute Gasteiger partial charge is 0.245 e. The van der Waals surface area contributed by atoms with Crippen molar-refractivity contribution in [2.24, 2.45) is 0 Å². The van der Waals surface area contributed by atoms with Gasteiger partial charge >= 0.3 is 0 Å². The highest BCUT2D eigenvalue weighted by Gasteiger charge is 2.31. The van der Waals surface area contributed by atoms with E-state index in [4.69, 9.17) is 0 Å². The van der Waals surface area contributed by atoms with Crippen LogP contribution in [0.1, 0.15) is 17.5 Å². The van der Waals surface area contributed by atoms with Gasteiger partial charge in [0.2, 0.25) is 5.91 Å². The molecule has 3 rings (SSSR count). The molecule has 4 nitrogen and oxygen atoms in total. The van der Waals surface area contributed by atoms with Gasteiger partial charge in [0.15, 0.2) is 0 Å². The topological polar surface area (TPSA) is 45.2 Å². The molecule has 1 saturated heterocycles. The fraction of sp³-hybridized carbons (Fsp3) is 0.294. The van der Waals surface area contributed by atoms with Crippen molar-refractivity contribution in [1.82, 2.24) is 9.88 Å². The second kappa shape index (κ2) is 6.48. The fourth-order valence-electron chi connectivity index (χ4n) is 2.58. The number of likely N-dealkylation sites (tertiary alicyclic amines) is 1. The van der Waals surface area contributed by atoms with Gasteiger partial charge < -0.3 is 10.2 Å². The van der Waals surface area contributed by atoms with Crippen LogP contribution in [-0.2, 0) is 11.3 Å². The van der Waals surface area contributed by atoms with E-state index in [1.807, 2.05) is 17.0 Å². The average Bonchev–Trinajstić information content (AvgIpc) is 2.85. The molecule has 1 unspecified atom stereocenters. The van der Waals surface area contributed by atoms with Crippen molar-refractivity contribution < 1.29 is 4.79 Å². The highest BCUT2D eigenvalue weighted by molar-refractivity contribution is 9.10. The molecule has 2 aromatic rings. The minimum atomic E-state index is -0.181. The zero-order chi connectivity index (χ0) is 15.5. The Morgan fingerprint density at radius 1 is 1.27 bits per heavy atom. The van der Waals surface area contributed by atoms with Crippen molar-refractivity contribution in [3.05, 3.63) is 58.2 Å². The summed E-state index contributed by atoms with van der Waals surface area (Å²) in [5.41, 5.74) is 2.40. The number of anilines is 1. The van der Waals surface area contributed by atoms with Crippen LogP contribution in [0.15, 0.2) is 47.1 Å². The normalized spacial score (nSPS) is 17.8. The molecule has 114 valence electrons. The van der Waals surface area contributed by atoms with Crippen molar-refractivity contribution in [2.75, 3.05) is 11.9 Å². The molecule has 1 aromatic heterocycles. The van der Waals surface area contributed by atoms with Crippen LogP contribution in [-0.4, -0.2) is 28.4 Å². The summed E-state index contributed by atoms with van der Waals surface area (Å²) in [6, 6.07) is 11.9. The molecular weight excluding hydrogens is 342 g/mol. The van der Waals surface area contributed by atoms with Crippen LogP contribution in [0.3, 0.4) is 0 Å². The summed E-state index contributed by atoms with van der Waals surface area (Å²) in [4.78, 5) is 18.6. The summed E-state index contributed by atoms with van der Waals surface area (Å²) in [6.45, 7) is 3.52. The Balaban J connectivity index is 1.62. The van der Waals surface area contributed by atoms with Crippen LogP contribution >= 0.6 is 15.9 Å². The van der Waals surface area contributed by atoms with Gasteiger partial charge in [-0.1, -0.05) is 29.8 Å². The van der Waals surface area contributed by atoms with Gasteiger partial charge in [0.25, 0.3) is 0 Å². The van der Waals surface area contributed by atoms with E-state index >= 15 is 0 Å². The summed E-state index contributed by atoms with van der Waals surface area (Å²) in [7, 11) is 0. The number of halogens is 1. The zero-order valence-corrected chi connectivity index (χ0v) is 14.0. The molecule has 0 saturated carbocycles. The summed E-state index contributed by atoms with van der Waals surface area (Å²) < 4.78 is 0.928. The van der Waals surface area contributed by atoms with E-state index in [-0.39, 0.29) is 11.9 Å². The first-order chi connectivity index (χ1) is 10.6. The van der Waals surface area contributed by atoms with E-state index in [2.05, 4.69) is 57.4 Å². The standard InChI is InChI=1S/C17H18BrN3O/c1-12-2-4-13(5-3-12)11-21-9-8-15(17(21)22)20-16-7-6-14(18)10-19-16/h2-7,10,15H,8-9,11H2,1H3,(H,19,20). The number of hydrogen-bond acceptors (Lipinski definition) is 3. The van der Waals surface area contributed by atoms with Crippen molar-refractivity contribution in [3.63, 3.8) is 0 Å². The van der Waals surface area contributed by atoms with Crippen LogP contribution < -0.4 is 5.32 Å². The lowest BCUT2D eigenvalue weighted by atomic mass is 10.1. The Morgan fingerprint density at radius 2 is 2.05 bits per heavy atom. The minimum absolute atomic E-state index is 0.144. The van der Waals surface area contributed by atoms with Crippen molar-refractivity contribution in [3.8, 4) is 0 Å². The van der Waals surface area contributed by atoms with Crippen LogP contribution in [0.25, 0.3) is 0 Å². The molecule has 22 heavy (non-hydrogen) atoms. The number of aryl methyl sites for hydroxylation is 1. The Morgan fingerprint density at radius 3 is 2.73 bits per heavy atom. The molecular formula is C17H18BrN3O. The molecule has 1 amide bonds. The molecule has 5 heteroatoms. The van der Waals surface area contributed by atoms with E-state index in [0.717, 1.165) is 23.3 Å². The molecule has 0 bridgehead atoms. The Hall–Kier alpha value is -1.88. The number of hydrogen-bond donors (Lipinski definition) is 1. The highest BCUT2D eigenvalue weighted by atomic mass is 79.9. The lowest BCUT2D eigenvalue weighted by molar-refractivity contribution is -0.128. The fourth-order valence-corrected chi connectivity index (χ4v) is 2.82. The van der Waals surface area contributed by atoms with Crippen molar-refractivity contribution >= 4 is 27.7 Å². The maximum absolute atomic E-state index is 12.5. The van der Waals surface area contributed by atoms with Crippen LogP contribution in [0.5, 0.6) is 0 Å². The molecule has 1 aliphatic rings. The van der Waals surface area contributed by atoms with E-state index in [1.165, 1.54) is 11.1 Å². The number of rotatable bonds is 4. The summed E-state index contributed by atoms with van der Waals surface area (Å²) in [5, 5.41) is 3.22. The zero-order valence-electron chi connectivity index (χ0n) is 12.4. The number of carbonyl (C=O) groups excluding carboxylic acids is 1. The third kappa shape index (κ3) is 3.47. The lowest BCUT2D eigenvalue weighted by Gasteiger charge is -2.17. The summed E-state index contributed by atoms with van der Waals surface area (Å²) >= 11 is 3.36. The van der Waals surface area contributed by atoms with E-state index in [9.17, 15) is 4.79 Å².